The minimum atomic E-state index is -0.733. The molecule has 0 saturated carbocycles. The van der Waals surface area contributed by atoms with Crippen LogP contribution in [-0.4, -0.2) is 23.3 Å². The van der Waals surface area contributed by atoms with E-state index in [2.05, 4.69) is 20.7 Å². The molecule has 54 valence electrons. The summed E-state index contributed by atoms with van der Waals surface area (Å²) in [4.78, 5) is 10.7. The van der Waals surface area contributed by atoms with Crippen molar-refractivity contribution in [1.29, 1.82) is 0 Å². The third kappa shape index (κ3) is 2.54. The minimum absolute atomic E-state index is 0.208. The highest BCUT2D eigenvalue weighted by Gasteiger charge is 2.29. The second-order valence-corrected chi connectivity index (χ2v) is 3.84. The second kappa shape index (κ2) is 3.42. The van der Waals surface area contributed by atoms with Gasteiger partial charge in [-0.2, -0.15) is 0 Å². The SMILES string of the molecule is COC(=O)C(C)(Br)CCl. The number of rotatable bonds is 2. The summed E-state index contributed by atoms with van der Waals surface area (Å²) in [6, 6.07) is 0. The lowest BCUT2D eigenvalue weighted by Gasteiger charge is -2.14. The maximum atomic E-state index is 10.7. The first-order valence-electron chi connectivity index (χ1n) is 2.38. The van der Waals surface area contributed by atoms with Crippen LogP contribution in [0, 0.1) is 0 Å². The molecule has 0 N–H and O–H groups in total. The van der Waals surface area contributed by atoms with E-state index < -0.39 is 4.32 Å². The lowest BCUT2D eigenvalue weighted by Crippen LogP contribution is -2.31. The largest absolute Gasteiger partial charge is 0.468 e. The molecule has 0 rings (SSSR count). The van der Waals surface area contributed by atoms with E-state index >= 15 is 0 Å². The first-order chi connectivity index (χ1) is 4.04. The number of alkyl halides is 2. The topological polar surface area (TPSA) is 26.3 Å². The average molecular weight is 215 g/mol. The van der Waals surface area contributed by atoms with Gasteiger partial charge in [-0.1, -0.05) is 15.9 Å². The molecule has 1 unspecified atom stereocenters. The molecule has 0 fully saturated rings. The number of carbonyl (C=O) groups excluding carboxylic acids is 1. The first kappa shape index (κ1) is 9.24. The predicted molar refractivity (Wildman–Crippen MR) is 40.1 cm³/mol. The zero-order chi connectivity index (χ0) is 7.49. The third-order valence-corrected chi connectivity index (χ3v) is 2.32. The van der Waals surface area contributed by atoms with Gasteiger partial charge >= 0.3 is 5.97 Å². The summed E-state index contributed by atoms with van der Waals surface area (Å²) in [5.74, 6) is -0.142. The summed E-state index contributed by atoms with van der Waals surface area (Å²) in [5, 5.41) is 0. The Kier molecular flexibility index (Phi) is 3.51. The highest BCUT2D eigenvalue weighted by atomic mass is 79.9. The van der Waals surface area contributed by atoms with Gasteiger partial charge in [0.05, 0.1) is 7.11 Å². The zero-order valence-corrected chi connectivity index (χ0v) is 7.62. The average Bonchev–Trinajstić information content (AvgIpc) is 1.86. The molecule has 0 aliphatic heterocycles. The van der Waals surface area contributed by atoms with E-state index in [1.54, 1.807) is 6.92 Å². The van der Waals surface area contributed by atoms with Crippen LogP contribution in [0.15, 0.2) is 0 Å². The van der Waals surface area contributed by atoms with Gasteiger partial charge in [0.1, 0.15) is 4.32 Å². The second-order valence-electron chi connectivity index (χ2n) is 1.82. The van der Waals surface area contributed by atoms with E-state index in [1.165, 1.54) is 7.11 Å². The van der Waals surface area contributed by atoms with Crippen LogP contribution in [0.1, 0.15) is 6.92 Å². The summed E-state index contributed by atoms with van der Waals surface area (Å²) in [6.07, 6.45) is 0. The van der Waals surface area contributed by atoms with Gasteiger partial charge in [-0.25, -0.2) is 0 Å². The number of esters is 1. The molecule has 0 aromatic carbocycles. The Morgan fingerprint density at radius 1 is 1.89 bits per heavy atom. The first-order valence-corrected chi connectivity index (χ1v) is 3.70. The monoisotopic (exact) mass is 214 g/mol. The van der Waals surface area contributed by atoms with Gasteiger partial charge in [0.15, 0.2) is 0 Å². The van der Waals surface area contributed by atoms with E-state index in [1.807, 2.05) is 0 Å². The lowest BCUT2D eigenvalue weighted by atomic mass is 10.2. The highest BCUT2D eigenvalue weighted by molar-refractivity contribution is 9.10. The standard InChI is InChI=1S/C5H8BrClO2/c1-5(6,3-7)4(8)9-2/h3H2,1-2H3. The van der Waals surface area contributed by atoms with E-state index in [-0.39, 0.29) is 11.8 Å². The molecule has 0 amide bonds. The van der Waals surface area contributed by atoms with Crippen molar-refractivity contribution < 1.29 is 9.53 Å². The molecule has 9 heavy (non-hydrogen) atoms. The number of hydrogen-bond donors (Lipinski definition) is 0. The smallest absolute Gasteiger partial charge is 0.323 e. The van der Waals surface area contributed by atoms with Crippen LogP contribution >= 0.6 is 27.5 Å². The Balaban J connectivity index is 3.97. The van der Waals surface area contributed by atoms with Gasteiger partial charge in [-0.15, -0.1) is 11.6 Å². The number of hydrogen-bond acceptors (Lipinski definition) is 2. The van der Waals surface area contributed by atoms with Crippen LogP contribution in [0.25, 0.3) is 0 Å². The van der Waals surface area contributed by atoms with E-state index in [4.69, 9.17) is 11.6 Å². The van der Waals surface area contributed by atoms with Crippen molar-refractivity contribution in [3.63, 3.8) is 0 Å². The van der Waals surface area contributed by atoms with Gasteiger partial charge in [0, 0.05) is 5.88 Å². The molecular formula is C5H8BrClO2. The molecule has 0 heterocycles. The molecule has 0 bridgehead atoms. The van der Waals surface area contributed by atoms with Crippen LogP contribution in [0.5, 0.6) is 0 Å². The van der Waals surface area contributed by atoms with Gasteiger partial charge in [-0.3, -0.25) is 4.79 Å². The van der Waals surface area contributed by atoms with Crippen molar-refractivity contribution in [3.8, 4) is 0 Å². The molecule has 0 aromatic rings. The number of halogens is 2. The molecule has 0 aromatic heterocycles. The quantitative estimate of drug-likeness (QED) is 0.516. The Morgan fingerprint density at radius 3 is 2.44 bits per heavy atom. The van der Waals surface area contributed by atoms with Crippen LogP contribution in [0.2, 0.25) is 0 Å². The number of methoxy groups -OCH3 is 1. The van der Waals surface area contributed by atoms with Crippen molar-refractivity contribution >= 4 is 33.5 Å². The van der Waals surface area contributed by atoms with Crippen LogP contribution in [0.3, 0.4) is 0 Å². The fraction of sp³-hybridized carbons (Fsp3) is 0.800. The van der Waals surface area contributed by atoms with Crippen LogP contribution in [0.4, 0.5) is 0 Å². The molecule has 1 atom stereocenters. The molecule has 0 aliphatic rings. The Morgan fingerprint density at radius 2 is 2.33 bits per heavy atom. The summed E-state index contributed by atoms with van der Waals surface area (Å²) >= 11 is 8.52. The van der Waals surface area contributed by atoms with Crippen molar-refractivity contribution in [2.75, 3.05) is 13.0 Å². The molecule has 0 radical (unpaired) electrons. The van der Waals surface area contributed by atoms with Gasteiger partial charge in [0.2, 0.25) is 0 Å². The summed E-state index contributed by atoms with van der Waals surface area (Å²) < 4.78 is 3.70. The van der Waals surface area contributed by atoms with Crippen molar-refractivity contribution in [1.82, 2.24) is 0 Å². The van der Waals surface area contributed by atoms with E-state index in [0.717, 1.165) is 0 Å². The zero-order valence-electron chi connectivity index (χ0n) is 5.28. The number of ether oxygens (including phenoxy) is 1. The summed E-state index contributed by atoms with van der Waals surface area (Å²) in [7, 11) is 1.33. The molecule has 2 nitrogen and oxygen atoms in total. The predicted octanol–water partition coefficient (Wildman–Crippen LogP) is 1.55. The fourth-order valence-corrected chi connectivity index (χ4v) is 0.538. The van der Waals surface area contributed by atoms with Crippen LogP contribution < -0.4 is 0 Å². The van der Waals surface area contributed by atoms with Crippen molar-refractivity contribution in [2.45, 2.75) is 11.2 Å². The fourth-order valence-electron chi connectivity index (χ4n) is 0.267. The molecule has 0 spiro atoms. The van der Waals surface area contributed by atoms with Gasteiger partial charge in [0.25, 0.3) is 0 Å². The molecule has 0 aliphatic carbocycles. The Labute approximate surface area is 67.6 Å². The van der Waals surface area contributed by atoms with Gasteiger partial charge < -0.3 is 4.74 Å². The lowest BCUT2D eigenvalue weighted by molar-refractivity contribution is -0.142. The van der Waals surface area contributed by atoms with Gasteiger partial charge in [-0.05, 0) is 6.92 Å². The van der Waals surface area contributed by atoms with E-state index in [0.29, 0.717) is 0 Å². The third-order valence-electron chi connectivity index (χ3n) is 0.862. The Hall–Kier alpha value is 0.240. The molecular weight excluding hydrogens is 207 g/mol. The Bertz CT molecular complexity index is 114. The summed E-state index contributed by atoms with van der Waals surface area (Å²) in [6.45, 7) is 1.66. The van der Waals surface area contributed by atoms with E-state index in [9.17, 15) is 4.79 Å². The van der Waals surface area contributed by atoms with Crippen molar-refractivity contribution in [3.05, 3.63) is 0 Å². The molecule has 0 saturated heterocycles. The number of carbonyl (C=O) groups is 1. The minimum Gasteiger partial charge on any atom is -0.468 e. The summed E-state index contributed by atoms with van der Waals surface area (Å²) in [5.41, 5.74) is 0. The highest BCUT2D eigenvalue weighted by Crippen LogP contribution is 2.19. The maximum absolute atomic E-state index is 10.7. The maximum Gasteiger partial charge on any atom is 0.323 e. The van der Waals surface area contributed by atoms with Crippen LogP contribution in [-0.2, 0) is 9.53 Å². The van der Waals surface area contributed by atoms with Crippen molar-refractivity contribution in [2.24, 2.45) is 0 Å². The normalized spacial score (nSPS) is 16.4. The molecule has 4 heteroatoms.